The van der Waals surface area contributed by atoms with Crippen LogP contribution in [0.1, 0.15) is 69.1 Å². The molecule has 1 aromatic heterocycles. The number of hydrogen-bond acceptors (Lipinski definition) is 6. The number of aromatic nitrogens is 2. The number of nitrogens with one attached hydrogen (secondary N) is 1. The number of alkyl carbamates (subject to hydrolysis) is 1. The van der Waals surface area contributed by atoms with Crippen LogP contribution in [-0.4, -0.2) is 51.9 Å². The fraction of sp³-hybridized carbons (Fsp3) is 0.538. The molecule has 1 aromatic carbocycles. The number of amides is 1. The fourth-order valence-corrected chi connectivity index (χ4v) is 5.78. The summed E-state index contributed by atoms with van der Waals surface area (Å²) in [5, 5.41) is 13.7. The van der Waals surface area contributed by atoms with Gasteiger partial charge < -0.3 is 20.1 Å². The topological polar surface area (TPSA) is 105 Å². The Morgan fingerprint density at radius 2 is 1.86 bits per heavy atom. The first-order valence-corrected chi connectivity index (χ1v) is 13.0. The van der Waals surface area contributed by atoms with Gasteiger partial charge in [-0.3, -0.25) is 0 Å². The van der Waals surface area contributed by atoms with E-state index in [1.54, 1.807) is 25.1 Å². The van der Waals surface area contributed by atoms with Gasteiger partial charge in [0.1, 0.15) is 5.60 Å². The van der Waals surface area contributed by atoms with Crippen molar-refractivity contribution in [3.8, 4) is 11.3 Å². The number of anilines is 1. The van der Waals surface area contributed by atoms with E-state index in [0.29, 0.717) is 45.9 Å². The number of ether oxygens (including phenoxy) is 1. The molecule has 1 amide bonds. The van der Waals surface area contributed by atoms with E-state index in [0.717, 1.165) is 32.1 Å². The Morgan fingerprint density at radius 1 is 1.17 bits per heavy atom. The molecule has 1 saturated carbocycles. The van der Waals surface area contributed by atoms with Crippen LogP contribution in [0.4, 0.5) is 10.6 Å². The molecular formula is C26H32Cl2N4O4. The van der Waals surface area contributed by atoms with Crippen LogP contribution in [-0.2, 0) is 4.74 Å². The molecule has 1 aliphatic carbocycles. The van der Waals surface area contributed by atoms with Gasteiger partial charge in [0, 0.05) is 24.7 Å². The Bertz CT molecular complexity index is 1170. The molecule has 1 aliphatic heterocycles. The maximum absolute atomic E-state index is 12.4. The van der Waals surface area contributed by atoms with E-state index in [4.69, 9.17) is 27.9 Å². The van der Waals surface area contributed by atoms with Gasteiger partial charge in [0.25, 0.3) is 0 Å². The minimum atomic E-state index is -1.15. The number of aromatic carboxylic acids is 1. The summed E-state index contributed by atoms with van der Waals surface area (Å²) in [5.74, 6) is -0.797. The first-order chi connectivity index (χ1) is 16.9. The highest BCUT2D eigenvalue weighted by Crippen LogP contribution is 2.47. The molecule has 1 saturated heterocycles. The molecule has 8 nitrogen and oxygen atoms in total. The third-order valence-corrected chi connectivity index (χ3v) is 7.94. The Labute approximate surface area is 221 Å². The smallest absolute Gasteiger partial charge is 0.407 e. The molecule has 2 aromatic rings. The summed E-state index contributed by atoms with van der Waals surface area (Å²) in [5.41, 5.74) is 0.817. The van der Waals surface area contributed by atoms with Gasteiger partial charge in [0.2, 0.25) is 0 Å². The van der Waals surface area contributed by atoms with Crippen molar-refractivity contribution < 1.29 is 19.4 Å². The van der Waals surface area contributed by atoms with Gasteiger partial charge in [-0.15, -0.1) is 0 Å². The van der Waals surface area contributed by atoms with Gasteiger partial charge in [-0.25, -0.2) is 19.6 Å². The molecule has 0 radical (unpaired) electrons. The van der Waals surface area contributed by atoms with Crippen molar-refractivity contribution in [2.75, 3.05) is 18.0 Å². The average molecular weight is 535 g/mol. The number of carbonyl (C=O) groups is 2. The van der Waals surface area contributed by atoms with E-state index < -0.39 is 11.6 Å². The van der Waals surface area contributed by atoms with Crippen LogP contribution in [0.3, 0.4) is 0 Å². The van der Waals surface area contributed by atoms with Crippen molar-refractivity contribution in [2.24, 2.45) is 5.41 Å². The Hall–Kier alpha value is -2.58. The Morgan fingerprint density at radius 3 is 2.50 bits per heavy atom. The number of benzene rings is 1. The Balaban J connectivity index is 1.55. The third kappa shape index (κ3) is 5.39. The van der Waals surface area contributed by atoms with E-state index >= 15 is 0 Å². The second kappa shape index (κ2) is 10.1. The van der Waals surface area contributed by atoms with Crippen molar-refractivity contribution in [2.45, 2.75) is 71.4 Å². The molecule has 2 aliphatic rings. The predicted octanol–water partition coefficient (Wildman–Crippen LogP) is 6.12. The second-order valence-electron chi connectivity index (χ2n) is 10.7. The normalized spacial score (nSPS) is 19.4. The quantitative estimate of drug-likeness (QED) is 0.486. The van der Waals surface area contributed by atoms with Gasteiger partial charge >= 0.3 is 12.1 Å². The number of carboxylic acids is 1. The molecule has 4 rings (SSSR count). The summed E-state index contributed by atoms with van der Waals surface area (Å²) in [6, 6.07) is 5.19. The number of hydrogen-bond donors (Lipinski definition) is 2. The van der Waals surface area contributed by atoms with Gasteiger partial charge in [0.05, 0.1) is 21.4 Å². The lowest BCUT2D eigenvalue weighted by Crippen LogP contribution is -2.51. The molecule has 36 heavy (non-hydrogen) atoms. The summed E-state index contributed by atoms with van der Waals surface area (Å²) in [6.07, 6.45) is 4.21. The SMILES string of the molecule is Cc1nc(N2CCC3(CCC[C@H]3NC(=O)OC(C)(C)C)CC2)c(C(=O)O)nc1-c1cccc(Cl)c1Cl. The molecule has 1 spiro atoms. The van der Waals surface area contributed by atoms with Gasteiger partial charge in [-0.05, 0) is 64.9 Å². The minimum absolute atomic E-state index is 0.0342. The van der Waals surface area contributed by atoms with Crippen LogP contribution in [0.15, 0.2) is 18.2 Å². The summed E-state index contributed by atoms with van der Waals surface area (Å²) in [7, 11) is 0. The van der Waals surface area contributed by atoms with Gasteiger partial charge in [-0.1, -0.05) is 41.8 Å². The predicted molar refractivity (Wildman–Crippen MR) is 140 cm³/mol. The van der Waals surface area contributed by atoms with Crippen molar-refractivity contribution >= 4 is 41.1 Å². The number of rotatable bonds is 4. The van der Waals surface area contributed by atoms with Gasteiger partial charge in [-0.2, -0.15) is 0 Å². The van der Waals surface area contributed by atoms with Crippen LogP contribution in [0, 0.1) is 12.3 Å². The number of halogens is 2. The van der Waals surface area contributed by atoms with Crippen LogP contribution < -0.4 is 10.2 Å². The molecule has 0 bridgehead atoms. The lowest BCUT2D eigenvalue weighted by molar-refractivity contribution is 0.0441. The number of nitrogens with zero attached hydrogens (tertiary/aromatic N) is 3. The van der Waals surface area contributed by atoms with Crippen LogP contribution >= 0.6 is 23.2 Å². The lowest BCUT2D eigenvalue weighted by atomic mass is 9.74. The molecule has 2 N–H and O–H groups in total. The molecule has 194 valence electrons. The van der Waals surface area contributed by atoms with Crippen LogP contribution in [0.25, 0.3) is 11.3 Å². The molecular weight excluding hydrogens is 503 g/mol. The highest BCUT2D eigenvalue weighted by molar-refractivity contribution is 6.43. The molecule has 2 fully saturated rings. The van der Waals surface area contributed by atoms with E-state index in [9.17, 15) is 14.7 Å². The first kappa shape index (κ1) is 26.5. The maximum atomic E-state index is 12.4. The summed E-state index contributed by atoms with van der Waals surface area (Å²) in [6.45, 7) is 8.59. The summed E-state index contributed by atoms with van der Waals surface area (Å²) in [4.78, 5) is 35.8. The maximum Gasteiger partial charge on any atom is 0.407 e. The Kier molecular flexibility index (Phi) is 7.40. The van der Waals surface area contributed by atoms with E-state index in [1.165, 1.54) is 0 Å². The zero-order valence-corrected chi connectivity index (χ0v) is 22.5. The standard InChI is InChI=1S/C26H32Cl2N4O4/c1-15-20(16-7-5-8-17(27)19(16)28)31-21(23(33)34)22(29-15)32-13-11-26(12-14-32)10-6-9-18(26)30-24(35)36-25(2,3)4/h5,7-8,18H,6,9-14H2,1-4H3,(H,30,35)(H,33,34)/t18-/m1/s1. The summed E-state index contributed by atoms with van der Waals surface area (Å²) < 4.78 is 5.48. The van der Waals surface area contributed by atoms with Crippen LogP contribution in [0.2, 0.25) is 10.0 Å². The van der Waals surface area contributed by atoms with E-state index in [1.807, 2.05) is 25.7 Å². The third-order valence-electron chi connectivity index (χ3n) is 7.12. The largest absolute Gasteiger partial charge is 0.476 e. The zero-order valence-electron chi connectivity index (χ0n) is 21.0. The number of aryl methyl sites for hydroxylation is 1. The van der Waals surface area contributed by atoms with E-state index in [-0.39, 0.29) is 23.2 Å². The molecule has 0 unspecified atom stereocenters. The summed E-state index contributed by atoms with van der Waals surface area (Å²) >= 11 is 12.5. The lowest BCUT2D eigenvalue weighted by Gasteiger charge is -2.44. The first-order valence-electron chi connectivity index (χ1n) is 12.2. The van der Waals surface area contributed by atoms with Crippen molar-refractivity contribution in [1.82, 2.24) is 15.3 Å². The number of piperidine rings is 1. The average Bonchev–Trinajstić information content (AvgIpc) is 3.16. The van der Waals surface area contributed by atoms with Crippen molar-refractivity contribution in [1.29, 1.82) is 0 Å². The zero-order chi connectivity index (χ0) is 26.3. The van der Waals surface area contributed by atoms with Crippen molar-refractivity contribution in [3.05, 3.63) is 39.6 Å². The van der Waals surface area contributed by atoms with Crippen LogP contribution in [0.5, 0.6) is 0 Å². The highest BCUT2D eigenvalue weighted by atomic mass is 35.5. The van der Waals surface area contributed by atoms with Gasteiger partial charge in [0.15, 0.2) is 11.5 Å². The van der Waals surface area contributed by atoms with Crippen molar-refractivity contribution in [3.63, 3.8) is 0 Å². The number of carboxylic acid groups (broad SMARTS) is 1. The number of carbonyl (C=O) groups excluding carboxylic acids is 1. The molecule has 10 heteroatoms. The monoisotopic (exact) mass is 534 g/mol. The van der Waals surface area contributed by atoms with E-state index in [2.05, 4.69) is 15.3 Å². The fourth-order valence-electron chi connectivity index (χ4n) is 5.39. The second-order valence-corrected chi connectivity index (χ2v) is 11.5. The molecule has 1 atom stereocenters. The minimum Gasteiger partial charge on any atom is -0.476 e. The highest BCUT2D eigenvalue weighted by Gasteiger charge is 2.46. The molecule has 2 heterocycles.